The van der Waals surface area contributed by atoms with Crippen molar-refractivity contribution in [2.24, 2.45) is 23.7 Å². The number of nitrogens with one attached hydrogen (secondary N) is 1. The summed E-state index contributed by atoms with van der Waals surface area (Å²) >= 11 is 0. The van der Waals surface area contributed by atoms with Crippen molar-refractivity contribution in [1.29, 1.82) is 0 Å². The first-order valence-corrected chi connectivity index (χ1v) is 7.12. The van der Waals surface area contributed by atoms with E-state index in [-0.39, 0.29) is 6.61 Å². The van der Waals surface area contributed by atoms with Crippen LogP contribution in [0.25, 0.3) is 0 Å². The summed E-state index contributed by atoms with van der Waals surface area (Å²) in [7, 11) is 0. The minimum atomic E-state index is 0.251. The Labute approximate surface area is 104 Å². The SMILES string of the molecule is CC(CO)CCCNC(=O)C1C2CCCCC21. The van der Waals surface area contributed by atoms with E-state index >= 15 is 0 Å². The molecule has 0 radical (unpaired) electrons. The molecule has 0 aromatic heterocycles. The van der Waals surface area contributed by atoms with Gasteiger partial charge in [0.2, 0.25) is 5.91 Å². The molecule has 1 amide bonds. The first kappa shape index (κ1) is 12.9. The molecule has 2 N–H and O–H groups in total. The Morgan fingerprint density at radius 1 is 1.35 bits per heavy atom. The smallest absolute Gasteiger partial charge is 0.223 e. The van der Waals surface area contributed by atoms with Gasteiger partial charge in [0.15, 0.2) is 0 Å². The minimum Gasteiger partial charge on any atom is -0.396 e. The number of aliphatic hydroxyl groups is 1. The fourth-order valence-corrected chi connectivity index (χ4v) is 3.25. The fourth-order valence-electron chi connectivity index (χ4n) is 3.25. The highest BCUT2D eigenvalue weighted by molar-refractivity contribution is 5.82. The number of aliphatic hydroxyl groups excluding tert-OH is 1. The number of carbonyl (C=O) groups excluding carboxylic acids is 1. The van der Waals surface area contributed by atoms with Crippen LogP contribution in [0.2, 0.25) is 0 Å². The Morgan fingerprint density at radius 3 is 2.59 bits per heavy atom. The van der Waals surface area contributed by atoms with Gasteiger partial charge < -0.3 is 10.4 Å². The van der Waals surface area contributed by atoms with E-state index in [1.807, 2.05) is 6.92 Å². The van der Waals surface area contributed by atoms with Crippen LogP contribution >= 0.6 is 0 Å². The Hall–Kier alpha value is -0.570. The predicted molar refractivity (Wildman–Crippen MR) is 67.4 cm³/mol. The molecule has 2 aliphatic carbocycles. The molecule has 17 heavy (non-hydrogen) atoms. The second-order valence-corrected chi connectivity index (χ2v) is 5.86. The van der Waals surface area contributed by atoms with E-state index in [0.29, 0.717) is 29.6 Å². The number of amides is 1. The van der Waals surface area contributed by atoms with E-state index in [2.05, 4.69) is 5.32 Å². The summed E-state index contributed by atoms with van der Waals surface area (Å²) in [5.41, 5.74) is 0. The zero-order valence-corrected chi connectivity index (χ0v) is 10.8. The van der Waals surface area contributed by atoms with Crippen LogP contribution in [0, 0.1) is 23.7 Å². The van der Waals surface area contributed by atoms with Crippen LogP contribution in [-0.2, 0) is 4.79 Å². The average Bonchev–Trinajstić information content (AvgIpc) is 3.08. The quantitative estimate of drug-likeness (QED) is 0.696. The van der Waals surface area contributed by atoms with Gasteiger partial charge in [0.1, 0.15) is 0 Å². The molecule has 0 aromatic rings. The van der Waals surface area contributed by atoms with Crippen LogP contribution in [0.1, 0.15) is 45.4 Å². The highest BCUT2D eigenvalue weighted by Crippen LogP contribution is 2.55. The summed E-state index contributed by atoms with van der Waals surface area (Å²) in [6, 6.07) is 0. The zero-order chi connectivity index (χ0) is 12.3. The molecule has 0 aromatic carbocycles. The topological polar surface area (TPSA) is 49.3 Å². The third-order valence-corrected chi connectivity index (χ3v) is 4.44. The van der Waals surface area contributed by atoms with E-state index in [4.69, 9.17) is 5.11 Å². The van der Waals surface area contributed by atoms with Crippen molar-refractivity contribution in [3.05, 3.63) is 0 Å². The summed E-state index contributed by atoms with van der Waals surface area (Å²) in [6.45, 7) is 3.07. The monoisotopic (exact) mass is 239 g/mol. The van der Waals surface area contributed by atoms with E-state index in [0.717, 1.165) is 19.4 Å². The predicted octanol–water partition coefficient (Wildman–Crippen LogP) is 1.95. The van der Waals surface area contributed by atoms with Crippen LogP contribution in [0.3, 0.4) is 0 Å². The molecular formula is C14H25NO2. The number of rotatable bonds is 6. The van der Waals surface area contributed by atoms with Gasteiger partial charge in [-0.15, -0.1) is 0 Å². The van der Waals surface area contributed by atoms with Gasteiger partial charge in [0.25, 0.3) is 0 Å². The van der Waals surface area contributed by atoms with Crippen molar-refractivity contribution >= 4 is 5.91 Å². The van der Waals surface area contributed by atoms with Gasteiger partial charge in [-0.05, 0) is 43.4 Å². The zero-order valence-electron chi connectivity index (χ0n) is 10.8. The van der Waals surface area contributed by atoms with Crippen molar-refractivity contribution in [3.63, 3.8) is 0 Å². The van der Waals surface area contributed by atoms with Crippen molar-refractivity contribution < 1.29 is 9.90 Å². The van der Waals surface area contributed by atoms with Gasteiger partial charge in [-0.2, -0.15) is 0 Å². The lowest BCUT2D eigenvalue weighted by Gasteiger charge is -2.08. The van der Waals surface area contributed by atoms with Crippen molar-refractivity contribution in [1.82, 2.24) is 5.32 Å². The molecule has 3 heteroatoms. The number of fused-ring (bicyclic) bond motifs is 1. The minimum absolute atomic E-state index is 0.251. The first-order chi connectivity index (χ1) is 8.24. The van der Waals surface area contributed by atoms with Crippen LogP contribution in [-0.4, -0.2) is 24.2 Å². The summed E-state index contributed by atoms with van der Waals surface area (Å²) in [5, 5.41) is 12.0. The highest BCUT2D eigenvalue weighted by atomic mass is 16.3. The van der Waals surface area contributed by atoms with Crippen molar-refractivity contribution in [2.75, 3.05) is 13.2 Å². The maximum absolute atomic E-state index is 11.9. The standard InChI is InChI=1S/C14H25NO2/c1-10(9-16)5-4-8-15-14(17)13-11-6-2-3-7-12(11)13/h10-13,16H,2-9H2,1H3,(H,15,17). The summed E-state index contributed by atoms with van der Waals surface area (Å²) in [5.74, 6) is 2.40. The molecule has 0 spiro atoms. The molecule has 0 heterocycles. The number of hydrogen-bond acceptors (Lipinski definition) is 2. The summed E-state index contributed by atoms with van der Waals surface area (Å²) < 4.78 is 0. The van der Waals surface area contributed by atoms with Gasteiger partial charge in [0, 0.05) is 19.1 Å². The van der Waals surface area contributed by atoms with Gasteiger partial charge in [-0.3, -0.25) is 4.79 Å². The molecule has 3 atom stereocenters. The fraction of sp³-hybridized carbons (Fsp3) is 0.929. The Morgan fingerprint density at radius 2 is 2.00 bits per heavy atom. The molecule has 98 valence electrons. The molecule has 2 rings (SSSR count). The van der Waals surface area contributed by atoms with Gasteiger partial charge >= 0.3 is 0 Å². The second-order valence-electron chi connectivity index (χ2n) is 5.86. The molecule has 3 unspecified atom stereocenters. The van der Waals surface area contributed by atoms with Gasteiger partial charge in [-0.1, -0.05) is 19.8 Å². The van der Waals surface area contributed by atoms with Crippen molar-refractivity contribution in [2.45, 2.75) is 45.4 Å². The molecule has 0 saturated heterocycles. The van der Waals surface area contributed by atoms with E-state index < -0.39 is 0 Å². The average molecular weight is 239 g/mol. The lowest BCUT2D eigenvalue weighted by atomic mass is 10.0. The van der Waals surface area contributed by atoms with Crippen molar-refractivity contribution in [3.8, 4) is 0 Å². The van der Waals surface area contributed by atoms with Crippen LogP contribution in [0.4, 0.5) is 0 Å². The first-order valence-electron chi connectivity index (χ1n) is 7.12. The highest BCUT2D eigenvalue weighted by Gasteiger charge is 2.54. The Bertz CT molecular complexity index is 255. The van der Waals surface area contributed by atoms with Crippen LogP contribution in [0.15, 0.2) is 0 Å². The molecule has 2 aliphatic rings. The van der Waals surface area contributed by atoms with E-state index in [1.165, 1.54) is 25.7 Å². The summed E-state index contributed by atoms with van der Waals surface area (Å²) in [6.07, 6.45) is 7.15. The molecule has 3 nitrogen and oxygen atoms in total. The number of carbonyl (C=O) groups is 1. The van der Waals surface area contributed by atoms with Gasteiger partial charge in [0.05, 0.1) is 0 Å². The van der Waals surface area contributed by atoms with Crippen LogP contribution < -0.4 is 5.32 Å². The number of hydrogen-bond donors (Lipinski definition) is 2. The normalized spacial score (nSPS) is 32.7. The lowest BCUT2D eigenvalue weighted by Crippen LogP contribution is -2.27. The Kier molecular flexibility index (Phi) is 4.43. The molecular weight excluding hydrogens is 214 g/mol. The molecule has 2 saturated carbocycles. The van der Waals surface area contributed by atoms with E-state index in [9.17, 15) is 4.79 Å². The third-order valence-electron chi connectivity index (χ3n) is 4.44. The molecule has 0 aliphatic heterocycles. The lowest BCUT2D eigenvalue weighted by molar-refractivity contribution is -0.122. The molecule has 2 fully saturated rings. The van der Waals surface area contributed by atoms with Gasteiger partial charge in [-0.25, -0.2) is 0 Å². The third kappa shape index (κ3) is 3.21. The maximum Gasteiger partial charge on any atom is 0.223 e. The largest absolute Gasteiger partial charge is 0.396 e. The molecule has 0 bridgehead atoms. The summed E-state index contributed by atoms with van der Waals surface area (Å²) in [4.78, 5) is 11.9. The van der Waals surface area contributed by atoms with E-state index in [1.54, 1.807) is 0 Å². The maximum atomic E-state index is 11.9. The second kappa shape index (κ2) is 5.85. The Balaban J connectivity index is 1.59. The van der Waals surface area contributed by atoms with Crippen LogP contribution in [0.5, 0.6) is 0 Å².